The predicted octanol–water partition coefficient (Wildman–Crippen LogP) is 3.55. The van der Waals surface area contributed by atoms with Crippen LogP contribution in [0, 0.1) is 10.1 Å². The van der Waals surface area contributed by atoms with Gasteiger partial charge in [-0.1, -0.05) is 11.3 Å². The number of aromatic nitrogens is 1. The van der Waals surface area contributed by atoms with Gasteiger partial charge >= 0.3 is 0 Å². The Morgan fingerprint density at radius 1 is 1.16 bits per heavy atom. The number of rotatable bonds is 8. The summed E-state index contributed by atoms with van der Waals surface area (Å²) in [7, 11) is -0.907. The van der Waals surface area contributed by atoms with E-state index < -0.39 is 20.7 Å². The summed E-state index contributed by atoms with van der Waals surface area (Å²) in [4.78, 5) is 26.2. The number of nitrogens with zero attached hydrogens (tertiary/aromatic N) is 2. The van der Waals surface area contributed by atoms with Gasteiger partial charge in [0.1, 0.15) is 15.7 Å². The predicted molar refractivity (Wildman–Crippen MR) is 118 cm³/mol. The summed E-state index contributed by atoms with van der Waals surface area (Å²) in [5.74, 6) is 0.601. The monoisotopic (exact) mass is 475 g/mol. The lowest BCUT2D eigenvalue weighted by Crippen LogP contribution is -2.07. The number of methoxy groups -OCH3 is 2. The molecule has 0 radical (unpaired) electrons. The number of nitro groups is 1. The number of anilines is 1. The molecule has 0 unspecified atom stereocenters. The summed E-state index contributed by atoms with van der Waals surface area (Å²) in [5.41, 5.74) is 0.422. The lowest BCUT2D eigenvalue weighted by atomic mass is 10.1. The number of nitrogens with one attached hydrogen (secondary N) is 1. The van der Waals surface area contributed by atoms with Crippen LogP contribution in [0.3, 0.4) is 0 Å². The second-order valence-electron chi connectivity index (χ2n) is 6.17. The maximum Gasteiger partial charge on any atom is 0.269 e. The molecule has 0 fully saturated rings. The number of hydrogen-bond acceptors (Lipinski definition) is 9. The standard InChI is InChI=1S/C20H17N3O7S2/c1-29-15-7-3-13(17(11-15)30-2)4-10-18(24)22-20-21-12-19(31-20)32(27,28)16-8-5-14(6-9-16)23(25)26/h3-12H,1-2H3,(H,21,22,24)/b10-4+. The minimum Gasteiger partial charge on any atom is -0.497 e. The zero-order valence-corrected chi connectivity index (χ0v) is 18.5. The van der Waals surface area contributed by atoms with Gasteiger partial charge in [-0.2, -0.15) is 0 Å². The number of sulfone groups is 1. The smallest absolute Gasteiger partial charge is 0.269 e. The molecule has 1 aromatic heterocycles. The van der Waals surface area contributed by atoms with Gasteiger partial charge in [-0.05, 0) is 30.3 Å². The fourth-order valence-electron chi connectivity index (χ4n) is 2.57. The quantitative estimate of drug-likeness (QED) is 0.297. The highest BCUT2D eigenvalue weighted by atomic mass is 32.2. The molecule has 0 saturated carbocycles. The van der Waals surface area contributed by atoms with Crippen LogP contribution < -0.4 is 14.8 Å². The number of thiazole rings is 1. The summed E-state index contributed by atoms with van der Waals surface area (Å²) < 4.78 is 35.7. The van der Waals surface area contributed by atoms with Crippen LogP contribution in [-0.2, 0) is 14.6 Å². The Morgan fingerprint density at radius 2 is 1.88 bits per heavy atom. The van der Waals surface area contributed by atoms with E-state index in [9.17, 15) is 23.3 Å². The van der Waals surface area contributed by atoms with Crippen LogP contribution in [0.1, 0.15) is 5.56 Å². The molecule has 32 heavy (non-hydrogen) atoms. The molecule has 166 valence electrons. The second-order valence-corrected chi connectivity index (χ2v) is 9.38. The molecule has 0 saturated heterocycles. The average Bonchev–Trinajstić information content (AvgIpc) is 3.26. The molecular formula is C20H17N3O7S2. The lowest BCUT2D eigenvalue weighted by Gasteiger charge is -2.07. The average molecular weight is 476 g/mol. The van der Waals surface area contributed by atoms with Crippen molar-refractivity contribution in [2.24, 2.45) is 0 Å². The Balaban J connectivity index is 1.72. The van der Waals surface area contributed by atoms with Crippen LogP contribution in [0.2, 0.25) is 0 Å². The number of hydrogen-bond donors (Lipinski definition) is 1. The van der Waals surface area contributed by atoms with Gasteiger partial charge in [0.15, 0.2) is 5.13 Å². The Bertz CT molecular complexity index is 1280. The first-order valence-corrected chi connectivity index (χ1v) is 11.2. The van der Waals surface area contributed by atoms with E-state index in [0.29, 0.717) is 17.1 Å². The van der Waals surface area contributed by atoms with Gasteiger partial charge in [0, 0.05) is 29.8 Å². The third-order valence-corrected chi connectivity index (χ3v) is 7.34. The van der Waals surface area contributed by atoms with Crippen molar-refractivity contribution in [2.75, 3.05) is 19.5 Å². The third kappa shape index (κ3) is 5.10. The summed E-state index contributed by atoms with van der Waals surface area (Å²) in [6.45, 7) is 0. The van der Waals surface area contributed by atoms with Crippen molar-refractivity contribution in [3.05, 3.63) is 70.4 Å². The van der Waals surface area contributed by atoms with Gasteiger partial charge in [0.05, 0.1) is 30.2 Å². The minimum atomic E-state index is -3.93. The summed E-state index contributed by atoms with van der Waals surface area (Å²) in [6, 6.07) is 9.63. The third-order valence-electron chi connectivity index (χ3n) is 4.19. The first-order chi connectivity index (χ1) is 15.2. The fraction of sp³-hybridized carbons (Fsp3) is 0.100. The van der Waals surface area contributed by atoms with Crippen molar-refractivity contribution in [3.63, 3.8) is 0 Å². The molecule has 0 aliphatic heterocycles. The van der Waals surface area contributed by atoms with E-state index in [-0.39, 0.29) is 19.9 Å². The molecule has 0 aliphatic rings. The molecule has 0 spiro atoms. The number of ether oxygens (including phenoxy) is 2. The van der Waals surface area contributed by atoms with E-state index in [1.165, 1.54) is 26.4 Å². The Kier molecular flexibility index (Phi) is 6.85. The maximum absolute atomic E-state index is 12.7. The van der Waals surface area contributed by atoms with E-state index in [4.69, 9.17) is 9.47 Å². The van der Waals surface area contributed by atoms with Crippen molar-refractivity contribution in [1.29, 1.82) is 0 Å². The van der Waals surface area contributed by atoms with Crippen LogP contribution in [0.25, 0.3) is 6.08 Å². The number of benzene rings is 2. The summed E-state index contributed by atoms with van der Waals surface area (Å²) in [6.07, 6.45) is 3.92. The first kappa shape index (κ1) is 22.9. The van der Waals surface area contributed by atoms with Crippen LogP contribution in [-0.4, -0.2) is 38.5 Å². The molecule has 0 atom stereocenters. The summed E-state index contributed by atoms with van der Waals surface area (Å²) in [5, 5.41) is 13.3. The zero-order valence-electron chi connectivity index (χ0n) is 16.8. The molecular weight excluding hydrogens is 458 g/mol. The molecule has 12 heteroatoms. The zero-order chi connectivity index (χ0) is 23.3. The number of nitro benzene ring substituents is 1. The lowest BCUT2D eigenvalue weighted by molar-refractivity contribution is -0.384. The van der Waals surface area contributed by atoms with Crippen molar-refractivity contribution in [1.82, 2.24) is 4.98 Å². The topological polar surface area (TPSA) is 138 Å². The van der Waals surface area contributed by atoms with E-state index in [2.05, 4.69) is 10.3 Å². The maximum atomic E-state index is 12.7. The molecule has 0 bridgehead atoms. The SMILES string of the molecule is COc1ccc(/C=C/C(=O)Nc2ncc(S(=O)(=O)c3ccc([N+](=O)[O-])cc3)s2)c(OC)c1. The van der Waals surface area contributed by atoms with E-state index in [1.54, 1.807) is 18.2 Å². The van der Waals surface area contributed by atoms with Gasteiger partial charge in [-0.15, -0.1) is 0 Å². The highest BCUT2D eigenvalue weighted by Gasteiger charge is 2.22. The van der Waals surface area contributed by atoms with Gasteiger partial charge < -0.3 is 9.47 Å². The fourth-order valence-corrected chi connectivity index (χ4v) is 5.01. The molecule has 1 heterocycles. The van der Waals surface area contributed by atoms with Crippen LogP contribution >= 0.6 is 11.3 Å². The molecule has 1 N–H and O–H groups in total. The Labute approximate surface area is 187 Å². The van der Waals surface area contributed by atoms with Gasteiger partial charge in [-0.25, -0.2) is 13.4 Å². The molecule has 2 aromatic carbocycles. The molecule has 1 amide bonds. The van der Waals surface area contributed by atoms with Gasteiger partial charge in [-0.3, -0.25) is 20.2 Å². The summed E-state index contributed by atoms with van der Waals surface area (Å²) >= 11 is 0.768. The van der Waals surface area contributed by atoms with Gasteiger partial charge in [0.2, 0.25) is 15.7 Å². The number of carbonyl (C=O) groups excluding carboxylic acids is 1. The normalized spacial score (nSPS) is 11.3. The van der Waals surface area contributed by atoms with E-state index in [1.807, 2.05) is 0 Å². The molecule has 0 aliphatic carbocycles. The van der Waals surface area contributed by atoms with Gasteiger partial charge in [0.25, 0.3) is 5.69 Å². The van der Waals surface area contributed by atoms with E-state index >= 15 is 0 Å². The van der Waals surface area contributed by atoms with Crippen LogP contribution in [0.15, 0.2) is 63.8 Å². The number of carbonyl (C=O) groups is 1. The van der Waals surface area contributed by atoms with Crippen molar-refractivity contribution in [2.45, 2.75) is 9.10 Å². The largest absolute Gasteiger partial charge is 0.497 e. The van der Waals surface area contributed by atoms with Crippen molar-refractivity contribution in [3.8, 4) is 11.5 Å². The van der Waals surface area contributed by atoms with Crippen molar-refractivity contribution < 1.29 is 27.6 Å². The Hall–Kier alpha value is -3.77. The van der Waals surface area contributed by atoms with Crippen LogP contribution in [0.5, 0.6) is 11.5 Å². The second kappa shape index (κ2) is 9.58. The van der Waals surface area contributed by atoms with Crippen molar-refractivity contribution >= 4 is 44.0 Å². The Morgan fingerprint density at radius 3 is 2.50 bits per heavy atom. The van der Waals surface area contributed by atoms with Crippen LogP contribution in [0.4, 0.5) is 10.8 Å². The molecule has 10 nitrogen and oxygen atoms in total. The number of non-ortho nitro benzene ring substituents is 1. The molecule has 3 aromatic rings. The highest BCUT2D eigenvalue weighted by molar-refractivity contribution is 7.93. The minimum absolute atomic E-state index is 0.0850. The first-order valence-electron chi connectivity index (χ1n) is 8.91. The molecule has 3 rings (SSSR count). The number of amides is 1. The van der Waals surface area contributed by atoms with E-state index in [0.717, 1.165) is 41.8 Å². The highest BCUT2D eigenvalue weighted by Crippen LogP contribution is 2.30.